The summed E-state index contributed by atoms with van der Waals surface area (Å²) in [4.78, 5) is 0. The normalized spacial score (nSPS) is 22.6. The van der Waals surface area contributed by atoms with Crippen molar-refractivity contribution in [2.75, 3.05) is 24.6 Å². The molecule has 0 spiro atoms. The van der Waals surface area contributed by atoms with Crippen LogP contribution in [0.4, 0.5) is 4.39 Å². The van der Waals surface area contributed by atoms with E-state index in [-0.39, 0.29) is 29.2 Å². The van der Waals surface area contributed by atoms with E-state index in [2.05, 4.69) is 19.2 Å². The second kappa shape index (κ2) is 6.88. The molecule has 1 aromatic carbocycles. The van der Waals surface area contributed by atoms with Gasteiger partial charge in [-0.2, -0.15) is 0 Å². The van der Waals surface area contributed by atoms with Gasteiger partial charge in [0.05, 0.1) is 11.5 Å². The van der Waals surface area contributed by atoms with Gasteiger partial charge >= 0.3 is 0 Å². The number of rotatable bonds is 6. The zero-order valence-corrected chi connectivity index (χ0v) is 13.5. The minimum Gasteiger partial charge on any atom is -0.316 e. The molecule has 0 amide bonds. The molecule has 0 radical (unpaired) electrons. The molecule has 5 heteroatoms. The van der Waals surface area contributed by atoms with Gasteiger partial charge in [-0.3, -0.25) is 0 Å². The monoisotopic (exact) mass is 313 g/mol. The minimum absolute atomic E-state index is 0.125. The molecule has 0 aromatic heterocycles. The van der Waals surface area contributed by atoms with Crippen molar-refractivity contribution >= 4 is 9.84 Å². The van der Waals surface area contributed by atoms with Crippen LogP contribution in [0.15, 0.2) is 24.3 Å². The van der Waals surface area contributed by atoms with Crippen molar-refractivity contribution in [2.45, 2.75) is 26.2 Å². The van der Waals surface area contributed by atoms with Crippen molar-refractivity contribution in [3.63, 3.8) is 0 Å². The maximum Gasteiger partial charge on any atom is 0.150 e. The van der Waals surface area contributed by atoms with E-state index in [0.717, 1.165) is 18.7 Å². The molecule has 0 saturated carbocycles. The van der Waals surface area contributed by atoms with Gasteiger partial charge in [0.15, 0.2) is 9.84 Å². The predicted molar refractivity (Wildman–Crippen MR) is 83.6 cm³/mol. The molecule has 2 unspecified atom stereocenters. The second-order valence-electron chi connectivity index (χ2n) is 6.37. The van der Waals surface area contributed by atoms with Gasteiger partial charge in [-0.25, -0.2) is 12.8 Å². The average Bonchev–Trinajstić information content (AvgIpc) is 2.76. The molecule has 118 valence electrons. The molecule has 0 bridgehead atoms. The fourth-order valence-electron chi connectivity index (χ4n) is 2.94. The van der Waals surface area contributed by atoms with Crippen LogP contribution in [0.2, 0.25) is 0 Å². The fraction of sp³-hybridized carbons (Fsp3) is 0.625. The van der Waals surface area contributed by atoms with Crippen LogP contribution in [-0.2, 0) is 9.84 Å². The highest BCUT2D eigenvalue weighted by molar-refractivity contribution is 7.91. The summed E-state index contributed by atoms with van der Waals surface area (Å²) in [5, 5.41) is 3.41. The Hall–Kier alpha value is -0.940. The second-order valence-corrected chi connectivity index (χ2v) is 8.60. The first kappa shape index (κ1) is 16.4. The summed E-state index contributed by atoms with van der Waals surface area (Å²) < 4.78 is 36.6. The standard InChI is InChI=1S/C16H24FNO2S/c1-12(2)9-18-10-16(13-3-5-15(17)6-4-13)14-7-8-21(19,20)11-14/h3-6,12,14,16,18H,7-11H2,1-2H3. The number of hydrogen-bond acceptors (Lipinski definition) is 3. The van der Waals surface area contributed by atoms with Gasteiger partial charge in [-0.15, -0.1) is 0 Å². The van der Waals surface area contributed by atoms with E-state index < -0.39 is 9.84 Å². The molecule has 2 rings (SSSR count). The average molecular weight is 313 g/mol. The van der Waals surface area contributed by atoms with Gasteiger partial charge < -0.3 is 5.32 Å². The fourth-order valence-corrected chi connectivity index (χ4v) is 4.82. The van der Waals surface area contributed by atoms with Crippen LogP contribution in [0, 0.1) is 17.7 Å². The lowest BCUT2D eigenvalue weighted by atomic mass is 9.85. The van der Waals surface area contributed by atoms with E-state index in [1.54, 1.807) is 12.1 Å². The van der Waals surface area contributed by atoms with Crippen molar-refractivity contribution in [2.24, 2.45) is 11.8 Å². The van der Waals surface area contributed by atoms with Crippen LogP contribution < -0.4 is 5.32 Å². The Kier molecular flexibility index (Phi) is 5.38. The lowest BCUT2D eigenvalue weighted by Gasteiger charge is -2.24. The Bertz CT molecular complexity index is 554. The van der Waals surface area contributed by atoms with Crippen molar-refractivity contribution in [1.82, 2.24) is 5.32 Å². The van der Waals surface area contributed by atoms with Crippen LogP contribution in [0.25, 0.3) is 0 Å². The molecule has 1 fully saturated rings. The Balaban J connectivity index is 2.12. The molecule has 1 saturated heterocycles. The summed E-state index contributed by atoms with van der Waals surface area (Å²) in [7, 11) is -2.90. The molecule has 2 atom stereocenters. The summed E-state index contributed by atoms with van der Waals surface area (Å²) in [5.41, 5.74) is 1.02. The highest BCUT2D eigenvalue weighted by Crippen LogP contribution is 2.33. The van der Waals surface area contributed by atoms with E-state index >= 15 is 0 Å². The van der Waals surface area contributed by atoms with Crippen LogP contribution in [0.5, 0.6) is 0 Å². The number of halogens is 1. The molecular formula is C16H24FNO2S. The topological polar surface area (TPSA) is 46.2 Å². The van der Waals surface area contributed by atoms with Crippen LogP contribution in [0.3, 0.4) is 0 Å². The molecular weight excluding hydrogens is 289 g/mol. The van der Waals surface area contributed by atoms with E-state index in [1.165, 1.54) is 12.1 Å². The number of hydrogen-bond donors (Lipinski definition) is 1. The maximum absolute atomic E-state index is 13.1. The van der Waals surface area contributed by atoms with E-state index in [1.807, 2.05) is 0 Å². The Morgan fingerprint density at radius 1 is 1.24 bits per heavy atom. The van der Waals surface area contributed by atoms with Gasteiger partial charge in [-0.05, 0) is 42.5 Å². The van der Waals surface area contributed by atoms with Gasteiger partial charge in [-0.1, -0.05) is 26.0 Å². The molecule has 1 aliphatic rings. The predicted octanol–water partition coefficient (Wildman–Crippen LogP) is 2.59. The number of nitrogens with one attached hydrogen (secondary N) is 1. The first-order valence-corrected chi connectivity index (χ1v) is 9.36. The molecule has 3 nitrogen and oxygen atoms in total. The third kappa shape index (κ3) is 4.78. The van der Waals surface area contributed by atoms with Crippen LogP contribution in [0.1, 0.15) is 31.7 Å². The largest absolute Gasteiger partial charge is 0.316 e. The smallest absolute Gasteiger partial charge is 0.150 e. The zero-order valence-electron chi connectivity index (χ0n) is 12.7. The Labute approximate surface area is 126 Å². The Morgan fingerprint density at radius 3 is 2.43 bits per heavy atom. The van der Waals surface area contributed by atoms with Crippen LogP contribution in [-0.4, -0.2) is 33.0 Å². The van der Waals surface area contributed by atoms with Crippen molar-refractivity contribution in [3.8, 4) is 0 Å². The van der Waals surface area contributed by atoms with Crippen molar-refractivity contribution in [1.29, 1.82) is 0 Å². The first-order chi connectivity index (χ1) is 9.87. The minimum atomic E-state index is -2.90. The highest BCUT2D eigenvalue weighted by Gasteiger charge is 2.34. The first-order valence-electron chi connectivity index (χ1n) is 7.54. The van der Waals surface area contributed by atoms with E-state index in [0.29, 0.717) is 12.3 Å². The third-order valence-corrected chi connectivity index (χ3v) is 5.85. The highest BCUT2D eigenvalue weighted by atomic mass is 32.2. The maximum atomic E-state index is 13.1. The van der Waals surface area contributed by atoms with Crippen LogP contribution >= 0.6 is 0 Å². The van der Waals surface area contributed by atoms with E-state index in [9.17, 15) is 12.8 Å². The molecule has 1 heterocycles. The molecule has 0 aliphatic carbocycles. The number of benzene rings is 1. The van der Waals surface area contributed by atoms with Gasteiger partial charge in [0.2, 0.25) is 0 Å². The zero-order chi connectivity index (χ0) is 15.5. The molecule has 21 heavy (non-hydrogen) atoms. The lowest BCUT2D eigenvalue weighted by Crippen LogP contribution is -2.30. The molecule has 1 N–H and O–H groups in total. The van der Waals surface area contributed by atoms with Gasteiger partial charge in [0, 0.05) is 12.5 Å². The number of sulfone groups is 1. The summed E-state index contributed by atoms with van der Waals surface area (Å²) in [6.45, 7) is 5.92. The lowest BCUT2D eigenvalue weighted by molar-refractivity contribution is 0.423. The summed E-state index contributed by atoms with van der Waals surface area (Å²) in [6.07, 6.45) is 0.702. The van der Waals surface area contributed by atoms with Crippen molar-refractivity contribution in [3.05, 3.63) is 35.6 Å². The van der Waals surface area contributed by atoms with Gasteiger partial charge in [0.25, 0.3) is 0 Å². The Morgan fingerprint density at radius 2 is 1.90 bits per heavy atom. The summed E-state index contributed by atoms with van der Waals surface area (Å²) >= 11 is 0. The molecule has 1 aliphatic heterocycles. The molecule has 1 aromatic rings. The quantitative estimate of drug-likeness (QED) is 0.878. The summed E-state index contributed by atoms with van der Waals surface area (Å²) in [5.74, 6) is 1.07. The van der Waals surface area contributed by atoms with E-state index in [4.69, 9.17) is 0 Å². The SMILES string of the molecule is CC(C)CNCC(c1ccc(F)cc1)C1CCS(=O)(=O)C1. The summed E-state index contributed by atoms with van der Waals surface area (Å²) in [6, 6.07) is 6.46. The third-order valence-electron chi connectivity index (χ3n) is 4.05. The van der Waals surface area contributed by atoms with Gasteiger partial charge in [0.1, 0.15) is 5.82 Å². The van der Waals surface area contributed by atoms with Crippen molar-refractivity contribution < 1.29 is 12.8 Å².